The first-order valence-corrected chi connectivity index (χ1v) is 12.1. The van der Waals surface area contributed by atoms with Crippen molar-refractivity contribution in [2.45, 2.75) is 19.8 Å². The van der Waals surface area contributed by atoms with Gasteiger partial charge in [0.05, 0.1) is 17.3 Å². The van der Waals surface area contributed by atoms with Crippen LogP contribution in [0.15, 0.2) is 78.9 Å². The Hall–Kier alpha value is -3.31. The van der Waals surface area contributed by atoms with Gasteiger partial charge in [0, 0.05) is 37.1 Å². The summed E-state index contributed by atoms with van der Waals surface area (Å²) in [5.41, 5.74) is 3.44. The predicted octanol–water partition coefficient (Wildman–Crippen LogP) is 5.42. The van der Waals surface area contributed by atoms with Crippen LogP contribution in [0.4, 0.5) is 11.4 Å². The van der Waals surface area contributed by atoms with Crippen LogP contribution in [-0.4, -0.2) is 42.9 Å². The van der Waals surface area contributed by atoms with Crippen LogP contribution in [0, 0.1) is 5.92 Å². The maximum Gasteiger partial charge on any atom is 0.236 e. The summed E-state index contributed by atoms with van der Waals surface area (Å²) in [6, 6.07) is 25.1. The molecular formula is C28H30ClN3O2. The van der Waals surface area contributed by atoms with Crippen molar-refractivity contribution < 1.29 is 9.59 Å². The molecule has 0 aliphatic carbocycles. The van der Waals surface area contributed by atoms with Crippen LogP contribution >= 0.6 is 11.6 Å². The van der Waals surface area contributed by atoms with Crippen LogP contribution in [0.3, 0.4) is 0 Å². The molecule has 0 radical (unpaired) electrons. The quantitative estimate of drug-likeness (QED) is 0.518. The molecule has 1 aliphatic rings. The molecule has 0 atom stereocenters. The van der Waals surface area contributed by atoms with E-state index in [1.165, 1.54) is 0 Å². The summed E-state index contributed by atoms with van der Waals surface area (Å²) in [6.45, 7) is 6.57. The van der Waals surface area contributed by atoms with E-state index in [-0.39, 0.29) is 17.7 Å². The number of anilines is 2. The molecule has 6 heteroatoms. The molecule has 0 unspecified atom stereocenters. The number of hydrogen-bond acceptors (Lipinski definition) is 3. The van der Waals surface area contributed by atoms with Gasteiger partial charge in [-0.2, -0.15) is 0 Å². The van der Waals surface area contributed by atoms with Crippen molar-refractivity contribution in [1.82, 2.24) is 4.90 Å². The normalized spacial score (nSPS) is 13.9. The summed E-state index contributed by atoms with van der Waals surface area (Å²) < 4.78 is 0. The van der Waals surface area contributed by atoms with Crippen LogP contribution in [-0.2, 0) is 9.59 Å². The Labute approximate surface area is 206 Å². The summed E-state index contributed by atoms with van der Waals surface area (Å²) in [6.07, 6.45) is 0. The lowest BCUT2D eigenvalue weighted by atomic mass is 9.90. The van der Waals surface area contributed by atoms with E-state index in [1.54, 1.807) is 6.07 Å². The Morgan fingerprint density at radius 1 is 0.824 bits per heavy atom. The molecule has 2 amide bonds. The summed E-state index contributed by atoms with van der Waals surface area (Å²) in [4.78, 5) is 30.1. The second-order valence-corrected chi connectivity index (χ2v) is 9.31. The number of nitrogens with zero attached hydrogens (tertiary/aromatic N) is 2. The highest BCUT2D eigenvalue weighted by Gasteiger charge is 2.27. The van der Waals surface area contributed by atoms with E-state index in [2.05, 4.69) is 10.2 Å². The summed E-state index contributed by atoms with van der Waals surface area (Å²) in [7, 11) is 0. The van der Waals surface area contributed by atoms with Crippen LogP contribution in [0.2, 0.25) is 5.02 Å². The second-order valence-electron chi connectivity index (χ2n) is 8.87. The molecule has 3 aromatic rings. The van der Waals surface area contributed by atoms with E-state index in [0.29, 0.717) is 36.9 Å². The molecule has 34 heavy (non-hydrogen) atoms. The third-order valence-corrected chi connectivity index (χ3v) is 6.41. The minimum Gasteiger partial charge on any atom is -0.366 e. The summed E-state index contributed by atoms with van der Waals surface area (Å²) in [5, 5.41) is 3.71. The van der Waals surface area contributed by atoms with Crippen molar-refractivity contribution in [2.75, 3.05) is 36.4 Å². The molecule has 176 valence electrons. The third-order valence-electron chi connectivity index (χ3n) is 6.17. The zero-order chi connectivity index (χ0) is 24.1. The van der Waals surface area contributed by atoms with E-state index in [1.807, 2.05) is 91.5 Å². The second kappa shape index (κ2) is 10.7. The fourth-order valence-electron chi connectivity index (χ4n) is 4.41. The maximum atomic E-state index is 13.7. The standard InChI is InChI=1S/C28H30ClN3O2/c1-20(2)28(34)32-17-15-31(16-18-32)25-14-13-23(29)19-24(25)30-27(33)26(21-9-5-3-6-10-21)22-11-7-4-8-12-22/h3-14,19-20,26H,15-18H2,1-2H3,(H,30,33). The van der Waals surface area contributed by atoms with Crippen molar-refractivity contribution in [3.05, 3.63) is 95.0 Å². The van der Waals surface area contributed by atoms with E-state index in [4.69, 9.17) is 11.6 Å². The number of halogens is 1. The van der Waals surface area contributed by atoms with Crippen molar-refractivity contribution in [3.8, 4) is 0 Å². The average Bonchev–Trinajstić information content (AvgIpc) is 2.85. The predicted molar refractivity (Wildman–Crippen MR) is 138 cm³/mol. The lowest BCUT2D eigenvalue weighted by Crippen LogP contribution is -2.50. The smallest absolute Gasteiger partial charge is 0.236 e. The first kappa shape index (κ1) is 23.8. The number of amides is 2. The van der Waals surface area contributed by atoms with Crippen LogP contribution in [0.25, 0.3) is 0 Å². The van der Waals surface area contributed by atoms with E-state index in [0.717, 1.165) is 16.8 Å². The van der Waals surface area contributed by atoms with Gasteiger partial charge in [-0.15, -0.1) is 0 Å². The highest BCUT2D eigenvalue weighted by Crippen LogP contribution is 2.33. The zero-order valence-corrected chi connectivity index (χ0v) is 20.3. The van der Waals surface area contributed by atoms with Crippen LogP contribution in [0.5, 0.6) is 0 Å². The molecule has 1 saturated heterocycles. The number of nitrogens with one attached hydrogen (secondary N) is 1. The number of carbonyl (C=O) groups excluding carboxylic acids is 2. The lowest BCUT2D eigenvalue weighted by molar-refractivity contribution is -0.134. The number of hydrogen-bond donors (Lipinski definition) is 1. The monoisotopic (exact) mass is 475 g/mol. The van der Waals surface area contributed by atoms with Crippen LogP contribution in [0.1, 0.15) is 30.9 Å². The van der Waals surface area contributed by atoms with Gasteiger partial charge in [-0.1, -0.05) is 86.1 Å². The number of carbonyl (C=O) groups is 2. The molecule has 0 bridgehead atoms. The largest absolute Gasteiger partial charge is 0.366 e. The minimum atomic E-state index is -0.449. The Balaban J connectivity index is 1.58. The molecule has 1 fully saturated rings. The fraction of sp³-hybridized carbons (Fsp3) is 0.286. The number of benzene rings is 3. The average molecular weight is 476 g/mol. The molecule has 1 aliphatic heterocycles. The Morgan fingerprint density at radius 2 is 1.38 bits per heavy atom. The van der Waals surface area contributed by atoms with Crippen molar-refractivity contribution >= 4 is 34.8 Å². The van der Waals surface area contributed by atoms with Gasteiger partial charge in [0.25, 0.3) is 0 Å². The van der Waals surface area contributed by atoms with Gasteiger partial charge in [-0.05, 0) is 29.3 Å². The van der Waals surface area contributed by atoms with E-state index in [9.17, 15) is 9.59 Å². The molecule has 4 rings (SSSR count). The molecule has 0 saturated carbocycles. The molecular weight excluding hydrogens is 446 g/mol. The maximum absolute atomic E-state index is 13.7. The Bertz CT molecular complexity index is 1090. The third kappa shape index (κ3) is 5.42. The molecule has 5 nitrogen and oxygen atoms in total. The number of rotatable bonds is 6. The first-order chi connectivity index (χ1) is 16.4. The van der Waals surface area contributed by atoms with Crippen molar-refractivity contribution in [2.24, 2.45) is 5.92 Å². The molecule has 0 spiro atoms. The van der Waals surface area contributed by atoms with E-state index >= 15 is 0 Å². The van der Waals surface area contributed by atoms with E-state index < -0.39 is 5.92 Å². The zero-order valence-electron chi connectivity index (χ0n) is 19.6. The van der Waals surface area contributed by atoms with Gasteiger partial charge in [-0.3, -0.25) is 9.59 Å². The van der Waals surface area contributed by atoms with Gasteiger partial charge in [0.1, 0.15) is 0 Å². The lowest BCUT2D eigenvalue weighted by Gasteiger charge is -2.37. The fourth-order valence-corrected chi connectivity index (χ4v) is 4.58. The SMILES string of the molecule is CC(C)C(=O)N1CCN(c2ccc(Cl)cc2NC(=O)C(c2ccccc2)c2ccccc2)CC1. The van der Waals surface area contributed by atoms with Crippen LogP contribution < -0.4 is 10.2 Å². The van der Waals surface area contributed by atoms with Gasteiger partial charge in [0.2, 0.25) is 11.8 Å². The Kier molecular flexibility index (Phi) is 7.53. The van der Waals surface area contributed by atoms with Crippen molar-refractivity contribution in [1.29, 1.82) is 0 Å². The van der Waals surface area contributed by atoms with Gasteiger partial charge in [0.15, 0.2) is 0 Å². The minimum absolute atomic E-state index is 0.00941. The topological polar surface area (TPSA) is 52.7 Å². The van der Waals surface area contributed by atoms with Crippen molar-refractivity contribution in [3.63, 3.8) is 0 Å². The summed E-state index contributed by atoms with van der Waals surface area (Å²) in [5.74, 6) is -0.396. The molecule has 0 aromatic heterocycles. The first-order valence-electron chi connectivity index (χ1n) is 11.7. The summed E-state index contributed by atoms with van der Waals surface area (Å²) >= 11 is 6.33. The van der Waals surface area contributed by atoms with Gasteiger partial charge in [-0.25, -0.2) is 0 Å². The molecule has 3 aromatic carbocycles. The van der Waals surface area contributed by atoms with Gasteiger partial charge >= 0.3 is 0 Å². The highest BCUT2D eigenvalue weighted by atomic mass is 35.5. The number of piperazine rings is 1. The van der Waals surface area contributed by atoms with Gasteiger partial charge < -0.3 is 15.1 Å². The molecule has 1 heterocycles. The molecule has 1 N–H and O–H groups in total. The highest BCUT2D eigenvalue weighted by molar-refractivity contribution is 6.31. The Morgan fingerprint density at radius 3 is 1.91 bits per heavy atom.